The van der Waals surface area contributed by atoms with E-state index in [2.05, 4.69) is 43.8 Å². The summed E-state index contributed by atoms with van der Waals surface area (Å²) in [7, 11) is 1.97. The second-order valence-electron chi connectivity index (χ2n) is 5.70. The van der Waals surface area contributed by atoms with Crippen LogP contribution in [0.5, 0.6) is 0 Å². The molecule has 2 aromatic heterocycles. The summed E-state index contributed by atoms with van der Waals surface area (Å²) in [6.07, 6.45) is 8.03. The Morgan fingerprint density at radius 3 is 2.43 bits per heavy atom. The van der Waals surface area contributed by atoms with Crippen molar-refractivity contribution in [3.8, 4) is 0 Å². The van der Waals surface area contributed by atoms with Crippen molar-refractivity contribution >= 4 is 0 Å². The smallest absolute Gasteiger partial charge is 0.122 e. The van der Waals surface area contributed by atoms with Crippen LogP contribution in [0.4, 0.5) is 0 Å². The summed E-state index contributed by atoms with van der Waals surface area (Å²) in [4.78, 5) is 9.46. The Morgan fingerprint density at radius 2 is 1.81 bits per heavy atom. The Balaban J connectivity index is 1.49. The van der Waals surface area contributed by atoms with Gasteiger partial charge in [0.15, 0.2) is 0 Å². The summed E-state index contributed by atoms with van der Waals surface area (Å²) < 4.78 is 4.10. The fourth-order valence-electron chi connectivity index (χ4n) is 2.90. The Labute approximate surface area is 126 Å². The SMILES string of the molecule is CCn1ccnc1CN1CCN(Cc2cnn(C)c2)CC1. The van der Waals surface area contributed by atoms with E-state index in [1.54, 1.807) is 0 Å². The van der Waals surface area contributed by atoms with Crippen molar-refractivity contribution in [3.05, 3.63) is 36.2 Å². The van der Waals surface area contributed by atoms with E-state index in [4.69, 9.17) is 0 Å². The van der Waals surface area contributed by atoms with E-state index < -0.39 is 0 Å². The molecule has 1 aliphatic heterocycles. The van der Waals surface area contributed by atoms with Crippen molar-refractivity contribution in [1.82, 2.24) is 29.1 Å². The molecule has 2 aromatic rings. The highest BCUT2D eigenvalue weighted by atomic mass is 15.3. The monoisotopic (exact) mass is 288 g/mol. The molecule has 0 radical (unpaired) electrons. The highest BCUT2D eigenvalue weighted by Gasteiger charge is 2.18. The molecule has 1 aliphatic rings. The van der Waals surface area contributed by atoms with Gasteiger partial charge in [-0.25, -0.2) is 4.98 Å². The van der Waals surface area contributed by atoms with Crippen molar-refractivity contribution in [3.63, 3.8) is 0 Å². The largest absolute Gasteiger partial charge is 0.334 e. The third-order valence-electron chi connectivity index (χ3n) is 4.14. The quantitative estimate of drug-likeness (QED) is 0.822. The average molecular weight is 288 g/mol. The molecule has 0 unspecified atom stereocenters. The van der Waals surface area contributed by atoms with Crippen LogP contribution in [0, 0.1) is 0 Å². The van der Waals surface area contributed by atoms with Crippen LogP contribution in [-0.2, 0) is 26.7 Å². The summed E-state index contributed by atoms with van der Waals surface area (Å²) >= 11 is 0. The van der Waals surface area contributed by atoms with Crippen LogP contribution < -0.4 is 0 Å². The maximum atomic E-state index is 4.47. The van der Waals surface area contributed by atoms with Crippen LogP contribution in [-0.4, -0.2) is 55.3 Å². The normalized spacial score (nSPS) is 17.4. The zero-order valence-electron chi connectivity index (χ0n) is 12.9. The number of imidazole rings is 1. The van der Waals surface area contributed by atoms with Gasteiger partial charge in [0.2, 0.25) is 0 Å². The highest BCUT2D eigenvalue weighted by Crippen LogP contribution is 2.10. The zero-order chi connectivity index (χ0) is 14.7. The van der Waals surface area contributed by atoms with Gasteiger partial charge in [-0.15, -0.1) is 0 Å². The lowest BCUT2D eigenvalue weighted by molar-refractivity contribution is 0.119. The maximum Gasteiger partial charge on any atom is 0.122 e. The van der Waals surface area contributed by atoms with E-state index in [0.29, 0.717) is 0 Å². The molecule has 6 heteroatoms. The van der Waals surface area contributed by atoms with Crippen molar-refractivity contribution < 1.29 is 0 Å². The summed E-state index contributed by atoms with van der Waals surface area (Å²) in [6.45, 7) is 9.57. The van der Waals surface area contributed by atoms with Crippen LogP contribution in [0.25, 0.3) is 0 Å². The van der Waals surface area contributed by atoms with Crippen LogP contribution in [0.15, 0.2) is 24.8 Å². The van der Waals surface area contributed by atoms with Crippen molar-refractivity contribution in [2.24, 2.45) is 7.05 Å². The van der Waals surface area contributed by atoms with Crippen LogP contribution >= 0.6 is 0 Å². The topological polar surface area (TPSA) is 42.1 Å². The van der Waals surface area contributed by atoms with E-state index in [9.17, 15) is 0 Å². The first-order valence-corrected chi connectivity index (χ1v) is 7.67. The first-order valence-electron chi connectivity index (χ1n) is 7.67. The van der Waals surface area contributed by atoms with E-state index in [1.807, 2.05) is 24.1 Å². The fraction of sp³-hybridized carbons (Fsp3) is 0.600. The van der Waals surface area contributed by atoms with E-state index >= 15 is 0 Å². The molecule has 0 N–H and O–H groups in total. The third kappa shape index (κ3) is 3.51. The number of hydrogen-bond acceptors (Lipinski definition) is 4. The van der Waals surface area contributed by atoms with Crippen LogP contribution in [0.3, 0.4) is 0 Å². The van der Waals surface area contributed by atoms with E-state index in [0.717, 1.165) is 45.8 Å². The van der Waals surface area contributed by atoms with Gasteiger partial charge >= 0.3 is 0 Å². The van der Waals surface area contributed by atoms with Gasteiger partial charge in [0.05, 0.1) is 12.7 Å². The second-order valence-corrected chi connectivity index (χ2v) is 5.70. The molecule has 3 rings (SSSR count). The summed E-state index contributed by atoms with van der Waals surface area (Å²) in [5, 5.41) is 4.23. The maximum absolute atomic E-state index is 4.47. The molecule has 0 bridgehead atoms. The number of aryl methyl sites for hydroxylation is 2. The molecule has 0 atom stereocenters. The number of nitrogens with zero attached hydrogens (tertiary/aromatic N) is 6. The zero-order valence-corrected chi connectivity index (χ0v) is 12.9. The Bertz CT molecular complexity index is 564. The molecular formula is C15H24N6. The van der Waals surface area contributed by atoms with Gasteiger partial charge in [-0.05, 0) is 6.92 Å². The van der Waals surface area contributed by atoms with Crippen LogP contribution in [0.1, 0.15) is 18.3 Å². The summed E-state index contributed by atoms with van der Waals surface area (Å²) in [6, 6.07) is 0. The molecule has 6 nitrogen and oxygen atoms in total. The van der Waals surface area contributed by atoms with Gasteiger partial charge in [0.25, 0.3) is 0 Å². The predicted molar refractivity (Wildman–Crippen MR) is 81.7 cm³/mol. The molecule has 1 saturated heterocycles. The first kappa shape index (κ1) is 14.3. The van der Waals surface area contributed by atoms with Gasteiger partial charge in [-0.3, -0.25) is 14.5 Å². The third-order valence-corrected chi connectivity index (χ3v) is 4.14. The first-order chi connectivity index (χ1) is 10.2. The number of hydrogen-bond donors (Lipinski definition) is 0. The molecule has 0 spiro atoms. The molecular weight excluding hydrogens is 264 g/mol. The minimum atomic E-state index is 0.960. The second kappa shape index (κ2) is 6.41. The van der Waals surface area contributed by atoms with Crippen molar-refractivity contribution in [2.75, 3.05) is 26.2 Å². The molecule has 0 saturated carbocycles. The minimum Gasteiger partial charge on any atom is -0.334 e. The molecule has 1 fully saturated rings. The molecule has 0 amide bonds. The number of aromatic nitrogens is 4. The number of piperazine rings is 1. The average Bonchev–Trinajstić information content (AvgIpc) is 3.10. The van der Waals surface area contributed by atoms with Gasteiger partial charge in [-0.1, -0.05) is 0 Å². The van der Waals surface area contributed by atoms with Gasteiger partial charge in [-0.2, -0.15) is 5.10 Å². The van der Waals surface area contributed by atoms with E-state index in [1.165, 1.54) is 11.4 Å². The van der Waals surface area contributed by atoms with Crippen molar-refractivity contribution in [2.45, 2.75) is 26.6 Å². The highest BCUT2D eigenvalue weighted by molar-refractivity contribution is 5.03. The van der Waals surface area contributed by atoms with Gasteiger partial charge in [0, 0.05) is 70.5 Å². The minimum absolute atomic E-state index is 0.960. The molecule has 0 aliphatic carbocycles. The summed E-state index contributed by atoms with van der Waals surface area (Å²) in [5.74, 6) is 1.18. The Hall–Kier alpha value is -1.66. The molecule has 21 heavy (non-hydrogen) atoms. The lowest BCUT2D eigenvalue weighted by Gasteiger charge is -2.34. The fourth-order valence-corrected chi connectivity index (χ4v) is 2.90. The van der Waals surface area contributed by atoms with Crippen molar-refractivity contribution in [1.29, 1.82) is 0 Å². The lowest BCUT2D eigenvalue weighted by atomic mass is 10.2. The Morgan fingerprint density at radius 1 is 1.10 bits per heavy atom. The standard InChI is InChI=1S/C15H24N6/c1-3-21-5-4-16-15(21)13-20-8-6-19(7-9-20)12-14-10-17-18(2)11-14/h4-5,10-11H,3,6-9,12-13H2,1-2H3. The molecule has 114 valence electrons. The lowest BCUT2D eigenvalue weighted by Crippen LogP contribution is -2.45. The van der Waals surface area contributed by atoms with Crippen LogP contribution in [0.2, 0.25) is 0 Å². The molecule has 3 heterocycles. The van der Waals surface area contributed by atoms with E-state index in [-0.39, 0.29) is 0 Å². The summed E-state index contributed by atoms with van der Waals surface area (Å²) in [5.41, 5.74) is 1.30. The Kier molecular flexibility index (Phi) is 4.36. The van der Waals surface area contributed by atoms with Gasteiger partial charge in [0.1, 0.15) is 5.82 Å². The number of rotatable bonds is 5. The van der Waals surface area contributed by atoms with Gasteiger partial charge < -0.3 is 4.57 Å². The predicted octanol–water partition coefficient (Wildman–Crippen LogP) is 0.954. The molecule has 0 aromatic carbocycles.